The predicted molar refractivity (Wildman–Crippen MR) is 95.7 cm³/mol. The lowest BCUT2D eigenvalue weighted by molar-refractivity contribution is -0.236. The Labute approximate surface area is 162 Å². The standard InChI is InChI=1S/C21H22O7/c1-20(2)25-16-15(24-19-18(17(16)26-20)27-21(3,4)28-19)10-5-6-11-12(9-10)14(23)8-7-13(11)22/h5-9,15-19H,1-4H3/t15-,16+,17+,18-,19-/m1/s1. The average molecular weight is 386 g/mol. The summed E-state index contributed by atoms with van der Waals surface area (Å²) in [4.78, 5) is 24.3. The number of ketones is 2. The highest BCUT2D eigenvalue weighted by atomic mass is 16.9. The summed E-state index contributed by atoms with van der Waals surface area (Å²) >= 11 is 0. The van der Waals surface area contributed by atoms with Crippen LogP contribution >= 0.6 is 0 Å². The molecule has 3 fully saturated rings. The van der Waals surface area contributed by atoms with E-state index in [4.69, 9.17) is 23.7 Å². The molecule has 0 spiro atoms. The monoisotopic (exact) mass is 386 g/mol. The van der Waals surface area contributed by atoms with Crippen molar-refractivity contribution in [1.29, 1.82) is 0 Å². The highest BCUT2D eigenvalue weighted by Crippen LogP contribution is 2.48. The second kappa shape index (κ2) is 5.81. The topological polar surface area (TPSA) is 80.3 Å². The van der Waals surface area contributed by atoms with Crippen LogP contribution in [0, 0.1) is 0 Å². The molecule has 4 aliphatic rings. The number of hydrogen-bond donors (Lipinski definition) is 0. The van der Waals surface area contributed by atoms with Gasteiger partial charge in [0.05, 0.1) is 0 Å². The van der Waals surface area contributed by atoms with Crippen LogP contribution in [0.5, 0.6) is 0 Å². The van der Waals surface area contributed by atoms with Crippen LogP contribution in [0.2, 0.25) is 0 Å². The number of carbonyl (C=O) groups is 2. The van der Waals surface area contributed by atoms with Gasteiger partial charge in [0, 0.05) is 11.1 Å². The summed E-state index contributed by atoms with van der Waals surface area (Å²) in [7, 11) is 0. The summed E-state index contributed by atoms with van der Waals surface area (Å²) < 4.78 is 30.4. The molecule has 1 aliphatic carbocycles. The highest BCUT2D eigenvalue weighted by molar-refractivity contribution is 6.22. The Kier molecular flexibility index (Phi) is 3.76. The molecule has 3 heterocycles. The van der Waals surface area contributed by atoms with Gasteiger partial charge in [-0.3, -0.25) is 9.59 Å². The SMILES string of the molecule is CC1(C)O[C@H]2[C@@H](O1)[C@@H](c1ccc3c(c1)C(=O)C=CC3=O)O[C@@H]1OC(C)(C)O[C@@H]12. The van der Waals surface area contributed by atoms with Crippen LogP contribution in [0.25, 0.3) is 0 Å². The van der Waals surface area contributed by atoms with Crippen LogP contribution in [-0.2, 0) is 23.7 Å². The van der Waals surface area contributed by atoms with Crippen molar-refractivity contribution in [2.45, 2.75) is 70.0 Å². The van der Waals surface area contributed by atoms with E-state index in [1.807, 2.05) is 27.7 Å². The number of ether oxygens (including phenoxy) is 5. The molecule has 28 heavy (non-hydrogen) atoms. The van der Waals surface area contributed by atoms with E-state index in [0.29, 0.717) is 11.1 Å². The molecule has 7 heteroatoms. The van der Waals surface area contributed by atoms with E-state index in [-0.39, 0.29) is 17.7 Å². The molecule has 0 amide bonds. The third kappa shape index (κ3) is 2.77. The first kappa shape index (κ1) is 18.1. The Morgan fingerprint density at radius 3 is 2.11 bits per heavy atom. The highest BCUT2D eigenvalue weighted by Gasteiger charge is 2.61. The van der Waals surface area contributed by atoms with Crippen LogP contribution < -0.4 is 0 Å². The van der Waals surface area contributed by atoms with Gasteiger partial charge in [-0.05, 0) is 57.5 Å². The molecule has 0 radical (unpaired) electrons. The molecule has 3 aliphatic heterocycles. The third-order valence-electron chi connectivity index (χ3n) is 5.44. The maximum Gasteiger partial charge on any atom is 0.190 e. The summed E-state index contributed by atoms with van der Waals surface area (Å²) in [5.41, 5.74) is 1.50. The summed E-state index contributed by atoms with van der Waals surface area (Å²) in [5, 5.41) is 0. The summed E-state index contributed by atoms with van der Waals surface area (Å²) in [6, 6.07) is 5.16. The quantitative estimate of drug-likeness (QED) is 0.734. The van der Waals surface area contributed by atoms with Gasteiger partial charge in [0.1, 0.15) is 24.4 Å². The maximum atomic E-state index is 12.3. The second-order valence-electron chi connectivity index (χ2n) is 8.46. The number of benzene rings is 1. The van der Waals surface area contributed by atoms with E-state index in [1.54, 1.807) is 18.2 Å². The maximum absolute atomic E-state index is 12.3. The molecule has 3 saturated heterocycles. The van der Waals surface area contributed by atoms with Crippen molar-refractivity contribution in [1.82, 2.24) is 0 Å². The first-order chi connectivity index (χ1) is 13.1. The number of rotatable bonds is 1. The predicted octanol–water partition coefficient (Wildman–Crippen LogP) is 2.69. The molecule has 0 aromatic heterocycles. The molecular weight excluding hydrogens is 364 g/mol. The van der Waals surface area contributed by atoms with Gasteiger partial charge in [0.2, 0.25) is 0 Å². The minimum absolute atomic E-state index is 0.181. The van der Waals surface area contributed by atoms with E-state index >= 15 is 0 Å². The van der Waals surface area contributed by atoms with E-state index in [2.05, 4.69) is 0 Å². The Balaban J connectivity index is 1.54. The molecule has 7 nitrogen and oxygen atoms in total. The molecule has 1 aromatic carbocycles. The normalized spacial score (nSPS) is 37.5. The zero-order valence-electron chi connectivity index (χ0n) is 16.1. The molecule has 5 rings (SSSR count). The molecule has 0 unspecified atom stereocenters. The molecule has 5 atom stereocenters. The lowest BCUT2D eigenvalue weighted by Gasteiger charge is -2.37. The zero-order valence-corrected chi connectivity index (χ0v) is 16.1. The zero-order chi connectivity index (χ0) is 19.8. The Morgan fingerprint density at radius 2 is 1.36 bits per heavy atom. The van der Waals surface area contributed by atoms with Crippen molar-refractivity contribution < 1.29 is 33.3 Å². The van der Waals surface area contributed by atoms with Crippen molar-refractivity contribution in [3.05, 3.63) is 47.0 Å². The van der Waals surface area contributed by atoms with Crippen LogP contribution in [0.4, 0.5) is 0 Å². The van der Waals surface area contributed by atoms with E-state index in [0.717, 1.165) is 5.56 Å². The van der Waals surface area contributed by atoms with Gasteiger partial charge in [-0.2, -0.15) is 0 Å². The van der Waals surface area contributed by atoms with Crippen molar-refractivity contribution in [2.75, 3.05) is 0 Å². The van der Waals surface area contributed by atoms with Gasteiger partial charge < -0.3 is 23.7 Å². The number of carbonyl (C=O) groups excluding carboxylic acids is 2. The lowest BCUT2D eigenvalue weighted by Crippen LogP contribution is -2.51. The summed E-state index contributed by atoms with van der Waals surface area (Å²) in [5.74, 6) is -1.98. The van der Waals surface area contributed by atoms with Crippen LogP contribution in [0.3, 0.4) is 0 Å². The van der Waals surface area contributed by atoms with Crippen LogP contribution in [-0.4, -0.2) is 47.7 Å². The van der Waals surface area contributed by atoms with Gasteiger partial charge in [-0.1, -0.05) is 6.07 Å². The Bertz CT molecular complexity index is 900. The fourth-order valence-corrected chi connectivity index (χ4v) is 4.37. The summed E-state index contributed by atoms with van der Waals surface area (Å²) in [6.07, 6.45) is 0.220. The number of fused-ring (bicyclic) bond motifs is 4. The van der Waals surface area contributed by atoms with Crippen molar-refractivity contribution in [3.63, 3.8) is 0 Å². The first-order valence-electron chi connectivity index (χ1n) is 9.41. The van der Waals surface area contributed by atoms with E-state index in [1.165, 1.54) is 12.2 Å². The van der Waals surface area contributed by atoms with Gasteiger partial charge >= 0.3 is 0 Å². The average Bonchev–Trinajstić information content (AvgIpc) is 3.11. The van der Waals surface area contributed by atoms with E-state index in [9.17, 15) is 9.59 Å². The van der Waals surface area contributed by atoms with E-state index < -0.39 is 36.2 Å². The minimum atomic E-state index is -0.801. The third-order valence-corrected chi connectivity index (χ3v) is 5.44. The van der Waals surface area contributed by atoms with Gasteiger partial charge in [0.25, 0.3) is 0 Å². The molecule has 1 aromatic rings. The Morgan fingerprint density at radius 1 is 0.750 bits per heavy atom. The number of hydrogen-bond acceptors (Lipinski definition) is 7. The lowest BCUT2D eigenvalue weighted by atomic mass is 9.88. The first-order valence-corrected chi connectivity index (χ1v) is 9.41. The van der Waals surface area contributed by atoms with Crippen LogP contribution in [0.1, 0.15) is 60.1 Å². The molecule has 0 N–H and O–H groups in total. The molecule has 148 valence electrons. The fraction of sp³-hybridized carbons (Fsp3) is 0.524. The van der Waals surface area contributed by atoms with Crippen LogP contribution in [0.15, 0.2) is 30.4 Å². The minimum Gasteiger partial charge on any atom is -0.342 e. The van der Waals surface area contributed by atoms with Gasteiger partial charge in [-0.15, -0.1) is 0 Å². The van der Waals surface area contributed by atoms with Crippen molar-refractivity contribution >= 4 is 11.6 Å². The largest absolute Gasteiger partial charge is 0.342 e. The molecular formula is C21H22O7. The fourth-order valence-electron chi connectivity index (χ4n) is 4.37. The second-order valence-corrected chi connectivity index (χ2v) is 8.46. The molecule has 0 saturated carbocycles. The molecule has 0 bridgehead atoms. The number of allylic oxidation sites excluding steroid dienone is 2. The van der Waals surface area contributed by atoms with Gasteiger partial charge in [0.15, 0.2) is 29.4 Å². The van der Waals surface area contributed by atoms with Crippen molar-refractivity contribution in [2.24, 2.45) is 0 Å². The smallest absolute Gasteiger partial charge is 0.190 e. The summed E-state index contributed by atoms with van der Waals surface area (Å²) in [6.45, 7) is 7.35. The Hall–Kier alpha value is -1.90. The van der Waals surface area contributed by atoms with Crippen molar-refractivity contribution in [3.8, 4) is 0 Å². The van der Waals surface area contributed by atoms with Gasteiger partial charge in [-0.25, -0.2) is 0 Å².